The van der Waals surface area contributed by atoms with Crippen LogP contribution < -0.4 is 0 Å². The topological polar surface area (TPSA) is 37.3 Å². The molecule has 0 radical (unpaired) electrons. The Bertz CT molecular complexity index is 188. The van der Waals surface area contributed by atoms with Crippen molar-refractivity contribution in [2.45, 2.75) is 38.5 Å². The minimum absolute atomic E-state index is 0.383. The van der Waals surface area contributed by atoms with Crippen molar-refractivity contribution in [1.29, 1.82) is 0 Å². The number of carbonyl (C=O) groups is 1. The highest BCUT2D eigenvalue weighted by atomic mass is 16.4. The molecule has 2 rings (SSSR count). The van der Waals surface area contributed by atoms with Gasteiger partial charge in [-0.1, -0.05) is 6.42 Å². The first-order chi connectivity index (χ1) is 5.75. The lowest BCUT2D eigenvalue weighted by Crippen LogP contribution is -2.11. The molecule has 0 heterocycles. The lowest BCUT2D eigenvalue weighted by Gasteiger charge is -2.20. The van der Waals surface area contributed by atoms with Crippen molar-refractivity contribution >= 4 is 5.97 Å². The highest BCUT2D eigenvalue weighted by Gasteiger charge is 2.38. The molecule has 2 bridgehead atoms. The average Bonchev–Trinajstić information content (AvgIpc) is 2.60. The molecular formula is C10H16O2. The van der Waals surface area contributed by atoms with E-state index in [9.17, 15) is 4.79 Å². The maximum atomic E-state index is 10.4. The second-order valence-electron chi connectivity index (χ2n) is 4.37. The van der Waals surface area contributed by atoms with Crippen molar-refractivity contribution in [3.8, 4) is 0 Å². The number of rotatable bonds is 3. The molecule has 2 aliphatic carbocycles. The van der Waals surface area contributed by atoms with Crippen molar-refractivity contribution in [3.05, 3.63) is 0 Å². The van der Waals surface area contributed by atoms with Gasteiger partial charge in [-0.05, 0) is 43.4 Å². The maximum absolute atomic E-state index is 10.4. The number of hydrogen-bond acceptors (Lipinski definition) is 1. The minimum Gasteiger partial charge on any atom is -0.481 e. The summed E-state index contributed by atoms with van der Waals surface area (Å²) >= 11 is 0. The second kappa shape index (κ2) is 3.08. The quantitative estimate of drug-likeness (QED) is 0.702. The minimum atomic E-state index is -0.627. The normalized spacial score (nSPS) is 38.8. The molecule has 2 aliphatic rings. The zero-order valence-electron chi connectivity index (χ0n) is 7.33. The Morgan fingerprint density at radius 1 is 1.33 bits per heavy atom. The van der Waals surface area contributed by atoms with Crippen LogP contribution in [0.25, 0.3) is 0 Å². The molecule has 3 atom stereocenters. The van der Waals surface area contributed by atoms with Gasteiger partial charge in [-0.25, -0.2) is 0 Å². The number of carboxylic acid groups (broad SMARTS) is 1. The molecule has 0 unspecified atom stereocenters. The number of fused-ring (bicyclic) bond motifs is 2. The molecule has 2 saturated carbocycles. The SMILES string of the molecule is O=C(O)CC[C@H]1C[C@H]2CC[C@@H]1C2. The molecule has 0 aromatic rings. The first-order valence-corrected chi connectivity index (χ1v) is 4.97. The van der Waals surface area contributed by atoms with Gasteiger partial charge in [0, 0.05) is 6.42 Å². The van der Waals surface area contributed by atoms with Gasteiger partial charge < -0.3 is 5.11 Å². The summed E-state index contributed by atoms with van der Waals surface area (Å²) in [6.07, 6.45) is 6.80. The van der Waals surface area contributed by atoms with Gasteiger partial charge in [0.25, 0.3) is 0 Å². The van der Waals surface area contributed by atoms with Crippen molar-refractivity contribution in [1.82, 2.24) is 0 Å². The van der Waals surface area contributed by atoms with Gasteiger partial charge >= 0.3 is 5.97 Å². The Balaban J connectivity index is 1.79. The number of aliphatic carboxylic acids is 1. The lowest BCUT2D eigenvalue weighted by molar-refractivity contribution is -0.137. The average molecular weight is 168 g/mol. The van der Waals surface area contributed by atoms with E-state index in [-0.39, 0.29) is 0 Å². The summed E-state index contributed by atoms with van der Waals surface area (Å²) in [5.74, 6) is 1.96. The van der Waals surface area contributed by atoms with Crippen LogP contribution in [0.4, 0.5) is 0 Å². The Morgan fingerprint density at radius 3 is 2.67 bits per heavy atom. The smallest absolute Gasteiger partial charge is 0.303 e. The zero-order valence-corrected chi connectivity index (χ0v) is 7.33. The predicted molar refractivity (Wildman–Crippen MR) is 45.8 cm³/mol. The van der Waals surface area contributed by atoms with Crippen molar-refractivity contribution in [2.75, 3.05) is 0 Å². The van der Waals surface area contributed by atoms with E-state index in [2.05, 4.69) is 0 Å². The van der Waals surface area contributed by atoms with Crippen LogP contribution in [0.2, 0.25) is 0 Å². The molecule has 0 aliphatic heterocycles. The van der Waals surface area contributed by atoms with Crippen LogP contribution in [0.1, 0.15) is 38.5 Å². The third-order valence-electron chi connectivity index (χ3n) is 3.61. The summed E-state index contributed by atoms with van der Waals surface area (Å²) in [7, 11) is 0. The number of hydrogen-bond donors (Lipinski definition) is 1. The van der Waals surface area contributed by atoms with Gasteiger partial charge in [0.2, 0.25) is 0 Å². The monoisotopic (exact) mass is 168 g/mol. The fraction of sp³-hybridized carbons (Fsp3) is 0.900. The molecule has 2 fully saturated rings. The van der Waals surface area contributed by atoms with Crippen molar-refractivity contribution in [3.63, 3.8) is 0 Å². The molecule has 68 valence electrons. The number of carboxylic acids is 1. The molecule has 0 aromatic carbocycles. The van der Waals surface area contributed by atoms with Crippen LogP contribution in [0, 0.1) is 17.8 Å². The molecule has 0 saturated heterocycles. The zero-order chi connectivity index (χ0) is 8.55. The van der Waals surface area contributed by atoms with E-state index in [0.29, 0.717) is 6.42 Å². The molecule has 0 aromatic heterocycles. The summed E-state index contributed by atoms with van der Waals surface area (Å²) < 4.78 is 0. The Morgan fingerprint density at radius 2 is 2.17 bits per heavy atom. The van der Waals surface area contributed by atoms with Crippen LogP contribution >= 0.6 is 0 Å². The highest BCUT2D eigenvalue weighted by Crippen LogP contribution is 2.49. The Kier molecular flexibility index (Phi) is 2.07. The maximum Gasteiger partial charge on any atom is 0.303 e. The fourth-order valence-electron chi connectivity index (χ4n) is 3.04. The summed E-state index contributed by atoms with van der Waals surface area (Å²) in [4.78, 5) is 10.4. The predicted octanol–water partition coefficient (Wildman–Crippen LogP) is 2.29. The van der Waals surface area contributed by atoms with Crippen molar-refractivity contribution < 1.29 is 9.90 Å². The van der Waals surface area contributed by atoms with Crippen LogP contribution in [0.5, 0.6) is 0 Å². The van der Waals surface area contributed by atoms with E-state index in [1.807, 2.05) is 0 Å². The van der Waals surface area contributed by atoms with Crippen LogP contribution in [0.3, 0.4) is 0 Å². The van der Waals surface area contributed by atoms with E-state index >= 15 is 0 Å². The fourth-order valence-corrected chi connectivity index (χ4v) is 3.04. The van der Waals surface area contributed by atoms with E-state index in [0.717, 1.165) is 24.2 Å². The van der Waals surface area contributed by atoms with E-state index in [4.69, 9.17) is 5.11 Å². The van der Waals surface area contributed by atoms with Crippen LogP contribution in [0.15, 0.2) is 0 Å². The Labute approximate surface area is 73.0 Å². The molecule has 0 amide bonds. The van der Waals surface area contributed by atoms with Crippen LogP contribution in [-0.4, -0.2) is 11.1 Å². The molecule has 12 heavy (non-hydrogen) atoms. The van der Waals surface area contributed by atoms with Crippen molar-refractivity contribution in [2.24, 2.45) is 17.8 Å². The molecule has 2 nitrogen and oxygen atoms in total. The van der Waals surface area contributed by atoms with E-state index in [1.165, 1.54) is 25.7 Å². The molecular weight excluding hydrogens is 152 g/mol. The Hall–Kier alpha value is -0.530. The summed E-state index contributed by atoms with van der Waals surface area (Å²) in [5, 5.41) is 8.54. The summed E-state index contributed by atoms with van der Waals surface area (Å²) in [6, 6.07) is 0. The van der Waals surface area contributed by atoms with E-state index in [1.54, 1.807) is 0 Å². The molecule has 1 N–H and O–H groups in total. The van der Waals surface area contributed by atoms with E-state index < -0.39 is 5.97 Å². The third kappa shape index (κ3) is 1.47. The van der Waals surface area contributed by atoms with Gasteiger partial charge in [0.05, 0.1) is 0 Å². The van der Waals surface area contributed by atoms with Gasteiger partial charge in [-0.3, -0.25) is 4.79 Å². The second-order valence-corrected chi connectivity index (χ2v) is 4.37. The van der Waals surface area contributed by atoms with Crippen LogP contribution in [-0.2, 0) is 4.79 Å². The highest BCUT2D eigenvalue weighted by molar-refractivity contribution is 5.66. The largest absolute Gasteiger partial charge is 0.481 e. The molecule has 0 spiro atoms. The van der Waals surface area contributed by atoms with Gasteiger partial charge in [-0.2, -0.15) is 0 Å². The van der Waals surface area contributed by atoms with Gasteiger partial charge in [-0.15, -0.1) is 0 Å². The first-order valence-electron chi connectivity index (χ1n) is 4.97. The van der Waals surface area contributed by atoms with Gasteiger partial charge in [0.15, 0.2) is 0 Å². The lowest BCUT2D eigenvalue weighted by atomic mass is 9.85. The summed E-state index contributed by atoms with van der Waals surface area (Å²) in [5.41, 5.74) is 0. The summed E-state index contributed by atoms with van der Waals surface area (Å²) in [6.45, 7) is 0. The standard InChI is InChI=1S/C10H16O2/c11-10(12)4-3-9-6-7-1-2-8(9)5-7/h7-9H,1-6H2,(H,11,12)/t7-,8+,9-/m0/s1. The van der Waals surface area contributed by atoms with Gasteiger partial charge in [0.1, 0.15) is 0 Å². The first kappa shape index (κ1) is 8.09. The third-order valence-corrected chi connectivity index (χ3v) is 3.61. The molecule has 2 heteroatoms.